The molecule has 0 saturated carbocycles. The van der Waals surface area contributed by atoms with Gasteiger partial charge >= 0.3 is 12.1 Å². The molecule has 1 amide bonds. The fourth-order valence-electron chi connectivity index (χ4n) is 5.60. The van der Waals surface area contributed by atoms with Gasteiger partial charge in [-0.3, -0.25) is 14.4 Å². The molecule has 0 spiro atoms. The number of amides is 1. The van der Waals surface area contributed by atoms with Gasteiger partial charge in [0.1, 0.15) is 23.2 Å². The van der Waals surface area contributed by atoms with Crippen LogP contribution < -0.4 is 10.9 Å². The Hall–Kier alpha value is -4.32. The summed E-state index contributed by atoms with van der Waals surface area (Å²) in [6, 6.07) is 3.25. The number of hydrogen-bond acceptors (Lipinski definition) is 5. The number of benzene rings is 2. The molecule has 13 heteroatoms. The topological polar surface area (TPSA) is 90.3 Å². The minimum atomic E-state index is -4.97. The van der Waals surface area contributed by atoms with Crippen molar-refractivity contribution in [2.24, 2.45) is 0 Å². The van der Waals surface area contributed by atoms with Crippen molar-refractivity contribution in [2.45, 2.75) is 84.5 Å². The molecule has 3 rings (SSSR count). The van der Waals surface area contributed by atoms with E-state index < -0.39 is 64.5 Å². The molecule has 0 fully saturated rings. The van der Waals surface area contributed by atoms with Gasteiger partial charge in [-0.15, -0.1) is 6.58 Å². The van der Waals surface area contributed by atoms with Crippen molar-refractivity contribution in [2.75, 3.05) is 6.61 Å². The number of allylic oxidation sites excluding steroid dienone is 3. The second kappa shape index (κ2) is 17.4. The van der Waals surface area contributed by atoms with Crippen molar-refractivity contribution in [1.82, 2.24) is 15.1 Å². The van der Waals surface area contributed by atoms with Crippen molar-refractivity contribution in [3.05, 3.63) is 110 Å². The summed E-state index contributed by atoms with van der Waals surface area (Å²) in [5.74, 6) is -2.87. The first-order valence-corrected chi connectivity index (χ1v) is 16.1. The molecule has 3 aromatic rings. The van der Waals surface area contributed by atoms with E-state index >= 15 is 4.39 Å². The molecule has 0 unspecified atom stereocenters. The van der Waals surface area contributed by atoms with Gasteiger partial charge in [-0.2, -0.15) is 18.3 Å². The number of aryl methyl sites for hydroxylation is 3. The lowest BCUT2D eigenvalue weighted by Gasteiger charge is -2.25. The maximum absolute atomic E-state index is 16.0. The molecular weight excluding hydrogens is 669 g/mol. The van der Waals surface area contributed by atoms with Crippen molar-refractivity contribution < 1.29 is 36.3 Å². The molecule has 2 aromatic carbocycles. The van der Waals surface area contributed by atoms with E-state index in [1.807, 2.05) is 19.1 Å². The highest BCUT2D eigenvalue weighted by Gasteiger charge is 2.36. The Morgan fingerprint density at radius 2 is 1.82 bits per heavy atom. The number of unbranched alkanes of at least 4 members (excludes halogenated alkanes) is 1. The van der Waals surface area contributed by atoms with Crippen LogP contribution in [0.1, 0.15) is 85.9 Å². The number of rotatable bonds is 15. The van der Waals surface area contributed by atoms with Gasteiger partial charge in [-0.25, -0.2) is 13.5 Å². The van der Waals surface area contributed by atoms with E-state index in [9.17, 15) is 31.9 Å². The van der Waals surface area contributed by atoms with Crippen LogP contribution in [-0.4, -0.2) is 28.3 Å². The van der Waals surface area contributed by atoms with E-state index in [-0.39, 0.29) is 36.6 Å². The third kappa shape index (κ3) is 10.1. The molecule has 0 aliphatic heterocycles. The first kappa shape index (κ1) is 39.1. The average Bonchev–Trinajstić information content (AvgIpc) is 3.01. The molecule has 1 N–H and O–H groups in total. The molecule has 1 heterocycles. The van der Waals surface area contributed by atoms with Gasteiger partial charge in [0, 0.05) is 11.6 Å². The Morgan fingerprint density at radius 3 is 2.45 bits per heavy atom. The van der Waals surface area contributed by atoms with Crippen LogP contribution in [0, 0.1) is 25.5 Å². The SMILES string of the molecule is C=CCC[C@@H](C(=O)N[C@@H](CC(=O)OCC)c1cc(-c2c(C)cc(F)cc2CCCC=CC)cc(C)c1F)n1nc(Cl)c(C(F)(F)F)cc1=O. The third-order valence-corrected chi connectivity index (χ3v) is 8.11. The van der Waals surface area contributed by atoms with E-state index in [4.69, 9.17) is 16.3 Å². The number of ether oxygens (including phenoxy) is 1. The van der Waals surface area contributed by atoms with E-state index in [1.54, 1.807) is 19.9 Å². The third-order valence-electron chi connectivity index (χ3n) is 7.83. The second-order valence-corrected chi connectivity index (χ2v) is 11.9. The molecule has 0 aliphatic carbocycles. The van der Waals surface area contributed by atoms with E-state index in [0.29, 0.717) is 33.4 Å². The standard InChI is InChI=1S/C36H39ClF5N3O4/c1-6-9-11-12-13-23-17-25(38)16-21(4)32(23)24-15-22(5)33(39)26(18-24)28(20-31(47)49-8-3)43-35(48)29(14-10-7-2)45-30(46)19-27(34(37)44-45)36(40,41)42/h6-7,9,15-19,28-29H,2,8,10-14,20H2,1,3-5H3,(H,43,48)/t28-,29-/m0/s1. The Balaban J connectivity index is 2.16. The smallest absolute Gasteiger partial charge is 0.419 e. The zero-order chi connectivity index (χ0) is 36.5. The number of alkyl halides is 3. The number of nitrogens with one attached hydrogen (secondary N) is 1. The van der Waals surface area contributed by atoms with Crippen molar-refractivity contribution in [3.63, 3.8) is 0 Å². The number of nitrogens with zero attached hydrogens (tertiary/aromatic N) is 2. The lowest BCUT2D eigenvalue weighted by atomic mass is 9.88. The van der Waals surface area contributed by atoms with Crippen LogP contribution in [0.15, 0.2) is 59.9 Å². The first-order chi connectivity index (χ1) is 23.1. The predicted octanol–water partition coefficient (Wildman–Crippen LogP) is 8.69. The zero-order valence-electron chi connectivity index (χ0n) is 27.7. The molecular formula is C36H39ClF5N3O4. The second-order valence-electron chi connectivity index (χ2n) is 11.5. The van der Waals surface area contributed by atoms with E-state index in [1.165, 1.54) is 31.2 Å². The summed E-state index contributed by atoms with van der Waals surface area (Å²) in [7, 11) is 0. The predicted molar refractivity (Wildman–Crippen MR) is 178 cm³/mol. The number of aromatic nitrogens is 2. The number of halogens is 6. The largest absolute Gasteiger partial charge is 0.466 e. The lowest BCUT2D eigenvalue weighted by molar-refractivity contribution is -0.144. The van der Waals surface area contributed by atoms with Gasteiger partial charge < -0.3 is 10.1 Å². The average molecular weight is 708 g/mol. The molecule has 0 radical (unpaired) electrons. The zero-order valence-corrected chi connectivity index (χ0v) is 28.5. The highest BCUT2D eigenvalue weighted by Crippen LogP contribution is 2.36. The van der Waals surface area contributed by atoms with Gasteiger partial charge in [0.2, 0.25) is 5.91 Å². The summed E-state index contributed by atoms with van der Waals surface area (Å²) in [4.78, 5) is 39.5. The Morgan fingerprint density at radius 1 is 1.10 bits per heavy atom. The number of esters is 1. The molecule has 264 valence electrons. The van der Waals surface area contributed by atoms with Crippen LogP contribution in [-0.2, 0) is 26.9 Å². The van der Waals surface area contributed by atoms with Crippen LogP contribution in [0.4, 0.5) is 22.0 Å². The molecule has 7 nitrogen and oxygen atoms in total. The minimum Gasteiger partial charge on any atom is -0.466 e. The van der Waals surface area contributed by atoms with Gasteiger partial charge in [0.05, 0.1) is 19.1 Å². The number of hydrogen-bond donors (Lipinski definition) is 1. The highest BCUT2D eigenvalue weighted by molar-refractivity contribution is 6.30. The fourth-order valence-corrected chi connectivity index (χ4v) is 5.84. The quantitative estimate of drug-likeness (QED) is 0.0739. The van der Waals surface area contributed by atoms with Gasteiger partial charge in [-0.1, -0.05) is 29.8 Å². The molecule has 1 aromatic heterocycles. The Bertz CT molecular complexity index is 1770. The number of carbonyl (C=O) groups is 2. The van der Waals surface area contributed by atoms with Crippen molar-refractivity contribution in [1.29, 1.82) is 0 Å². The molecule has 0 saturated heterocycles. The van der Waals surface area contributed by atoms with Gasteiger partial charge in [0.25, 0.3) is 5.56 Å². The molecule has 0 bridgehead atoms. The maximum Gasteiger partial charge on any atom is 0.419 e. The lowest BCUT2D eigenvalue weighted by Crippen LogP contribution is -2.41. The van der Waals surface area contributed by atoms with Crippen molar-refractivity contribution in [3.8, 4) is 11.1 Å². The van der Waals surface area contributed by atoms with Crippen molar-refractivity contribution >= 4 is 23.5 Å². The summed E-state index contributed by atoms with van der Waals surface area (Å²) >= 11 is 5.79. The summed E-state index contributed by atoms with van der Waals surface area (Å²) < 4.78 is 76.4. The van der Waals surface area contributed by atoms with Crippen LogP contribution >= 0.6 is 11.6 Å². The summed E-state index contributed by atoms with van der Waals surface area (Å²) in [6.45, 7) is 10.3. The number of carbonyl (C=O) groups excluding carboxylic acids is 2. The van der Waals surface area contributed by atoms with Crippen LogP contribution in [0.25, 0.3) is 11.1 Å². The van der Waals surface area contributed by atoms with E-state index in [2.05, 4.69) is 17.0 Å². The highest BCUT2D eigenvalue weighted by atomic mass is 35.5. The van der Waals surface area contributed by atoms with Crippen LogP contribution in [0.2, 0.25) is 5.15 Å². The fraction of sp³-hybridized carbons (Fsp3) is 0.389. The van der Waals surface area contributed by atoms with Crippen LogP contribution in [0.5, 0.6) is 0 Å². The monoisotopic (exact) mass is 707 g/mol. The van der Waals surface area contributed by atoms with Gasteiger partial charge in [-0.05, 0) is 112 Å². The summed E-state index contributed by atoms with van der Waals surface area (Å²) in [5, 5.41) is 5.15. The molecule has 0 aliphatic rings. The normalized spacial score (nSPS) is 12.9. The van der Waals surface area contributed by atoms with Gasteiger partial charge in [0.15, 0.2) is 5.15 Å². The molecule has 2 atom stereocenters. The summed E-state index contributed by atoms with van der Waals surface area (Å²) in [5.41, 5.74) is -0.149. The minimum absolute atomic E-state index is 0.00225. The Labute approximate surface area is 286 Å². The van der Waals surface area contributed by atoms with Crippen LogP contribution in [0.3, 0.4) is 0 Å². The maximum atomic E-state index is 16.0. The Kier molecular flexibility index (Phi) is 13.9. The first-order valence-electron chi connectivity index (χ1n) is 15.8. The molecule has 49 heavy (non-hydrogen) atoms. The summed E-state index contributed by atoms with van der Waals surface area (Å²) in [6.07, 6.45) is 1.87. The van der Waals surface area contributed by atoms with E-state index in [0.717, 1.165) is 12.8 Å².